The van der Waals surface area contributed by atoms with Crippen LogP contribution in [0.5, 0.6) is 0 Å². The smallest absolute Gasteiger partial charge is 0.326 e. The summed E-state index contributed by atoms with van der Waals surface area (Å²) in [4.78, 5) is 37.2. The highest BCUT2D eigenvalue weighted by molar-refractivity contribution is 5.90. The first kappa shape index (κ1) is 17.5. The second-order valence-corrected chi connectivity index (χ2v) is 5.54. The number of carbonyl (C=O) groups excluding carboxylic acids is 2. The summed E-state index contributed by atoms with van der Waals surface area (Å²) in [6.45, 7) is 4.39. The van der Waals surface area contributed by atoms with Gasteiger partial charge in [0.15, 0.2) is 0 Å². The number of hydrogen-bond acceptors (Lipinski definition) is 3. The van der Waals surface area contributed by atoms with Crippen LogP contribution in [0.4, 0.5) is 0 Å². The molecule has 1 rings (SSSR count). The Kier molecular flexibility index (Phi) is 7.19. The molecule has 1 aliphatic rings. The lowest BCUT2D eigenvalue weighted by Gasteiger charge is -2.35. The summed E-state index contributed by atoms with van der Waals surface area (Å²) in [5.74, 6) is -1.37. The van der Waals surface area contributed by atoms with Crippen LogP contribution in [-0.2, 0) is 14.4 Å². The highest BCUT2D eigenvalue weighted by Gasteiger charge is 2.33. The van der Waals surface area contributed by atoms with Crippen molar-refractivity contribution in [3.63, 3.8) is 0 Å². The molecule has 0 radical (unpaired) electrons. The van der Waals surface area contributed by atoms with Crippen molar-refractivity contribution in [2.75, 3.05) is 6.54 Å². The maximum atomic E-state index is 12.3. The van der Waals surface area contributed by atoms with Gasteiger partial charge in [-0.3, -0.25) is 9.59 Å². The van der Waals surface area contributed by atoms with Gasteiger partial charge in [-0.15, -0.1) is 0 Å². The van der Waals surface area contributed by atoms with Gasteiger partial charge < -0.3 is 15.3 Å². The van der Waals surface area contributed by atoms with Crippen molar-refractivity contribution in [2.45, 2.75) is 70.9 Å². The van der Waals surface area contributed by atoms with Gasteiger partial charge >= 0.3 is 5.97 Å². The van der Waals surface area contributed by atoms with Crippen molar-refractivity contribution in [3.05, 3.63) is 0 Å². The lowest BCUT2D eigenvalue weighted by atomic mass is 10.00. The molecule has 1 fully saturated rings. The zero-order valence-electron chi connectivity index (χ0n) is 12.9. The van der Waals surface area contributed by atoms with Crippen molar-refractivity contribution < 1.29 is 19.5 Å². The quantitative estimate of drug-likeness (QED) is 0.746. The van der Waals surface area contributed by atoms with E-state index < -0.39 is 18.1 Å². The van der Waals surface area contributed by atoms with Crippen molar-refractivity contribution in [1.82, 2.24) is 10.2 Å². The molecule has 0 aromatic rings. The molecule has 0 aromatic carbocycles. The monoisotopic (exact) mass is 298 g/mol. The van der Waals surface area contributed by atoms with Gasteiger partial charge in [-0.25, -0.2) is 4.79 Å². The Balaban J connectivity index is 2.72. The van der Waals surface area contributed by atoms with E-state index in [1.807, 2.05) is 13.8 Å². The summed E-state index contributed by atoms with van der Waals surface area (Å²) in [7, 11) is 0. The lowest BCUT2D eigenvalue weighted by Crippen LogP contribution is -2.54. The van der Waals surface area contributed by atoms with Gasteiger partial charge in [0.1, 0.15) is 12.1 Å². The highest BCUT2D eigenvalue weighted by atomic mass is 16.4. The molecule has 0 aromatic heterocycles. The molecule has 0 saturated carbocycles. The largest absolute Gasteiger partial charge is 0.480 e. The maximum absolute atomic E-state index is 12.3. The van der Waals surface area contributed by atoms with Crippen LogP contribution < -0.4 is 5.32 Å². The Labute approximate surface area is 125 Å². The fourth-order valence-electron chi connectivity index (χ4n) is 2.67. The van der Waals surface area contributed by atoms with Crippen molar-refractivity contribution >= 4 is 17.8 Å². The fraction of sp³-hybridized carbons (Fsp3) is 0.800. The van der Waals surface area contributed by atoms with E-state index in [0.717, 1.165) is 19.3 Å². The van der Waals surface area contributed by atoms with E-state index in [2.05, 4.69) is 5.32 Å². The van der Waals surface area contributed by atoms with Gasteiger partial charge in [-0.1, -0.05) is 20.3 Å². The summed E-state index contributed by atoms with van der Waals surface area (Å²) in [5, 5.41) is 11.7. The number of nitrogens with zero attached hydrogens (tertiary/aromatic N) is 1. The van der Waals surface area contributed by atoms with E-state index in [0.29, 0.717) is 32.2 Å². The predicted octanol–water partition coefficient (Wildman–Crippen LogP) is 1.54. The number of piperidine rings is 1. The van der Waals surface area contributed by atoms with Crippen LogP contribution >= 0.6 is 0 Å². The van der Waals surface area contributed by atoms with E-state index in [9.17, 15) is 14.4 Å². The third kappa shape index (κ3) is 5.02. The van der Waals surface area contributed by atoms with Crippen LogP contribution in [0.2, 0.25) is 0 Å². The Morgan fingerprint density at radius 3 is 2.52 bits per heavy atom. The molecule has 6 nitrogen and oxygen atoms in total. The van der Waals surface area contributed by atoms with E-state index in [1.54, 1.807) is 4.90 Å². The zero-order valence-corrected chi connectivity index (χ0v) is 12.9. The Bertz CT molecular complexity index is 384. The molecule has 0 bridgehead atoms. The van der Waals surface area contributed by atoms with E-state index in [-0.39, 0.29) is 11.8 Å². The Hall–Kier alpha value is -1.59. The SMILES string of the molecule is CCCC(=O)N1CCCCC1C(=O)NC(CCC)C(=O)O. The Morgan fingerprint density at radius 2 is 1.95 bits per heavy atom. The summed E-state index contributed by atoms with van der Waals surface area (Å²) >= 11 is 0. The van der Waals surface area contributed by atoms with E-state index in [4.69, 9.17) is 5.11 Å². The molecule has 2 atom stereocenters. The third-order valence-electron chi connectivity index (χ3n) is 3.78. The number of aliphatic carboxylic acids is 1. The number of rotatable bonds is 7. The van der Waals surface area contributed by atoms with Gasteiger partial charge in [0.2, 0.25) is 11.8 Å². The molecule has 0 aliphatic carbocycles. The minimum Gasteiger partial charge on any atom is -0.480 e. The van der Waals surface area contributed by atoms with E-state index in [1.165, 1.54) is 0 Å². The topological polar surface area (TPSA) is 86.7 Å². The molecule has 1 saturated heterocycles. The number of carboxylic acids is 1. The zero-order chi connectivity index (χ0) is 15.8. The molecule has 0 spiro atoms. The highest BCUT2D eigenvalue weighted by Crippen LogP contribution is 2.19. The second-order valence-electron chi connectivity index (χ2n) is 5.54. The van der Waals surface area contributed by atoms with Crippen LogP contribution in [0.1, 0.15) is 58.8 Å². The lowest BCUT2D eigenvalue weighted by molar-refractivity contribution is -0.146. The number of carboxylic acid groups (broad SMARTS) is 1. The predicted molar refractivity (Wildman–Crippen MR) is 78.7 cm³/mol. The van der Waals surface area contributed by atoms with Crippen LogP contribution in [0.3, 0.4) is 0 Å². The maximum Gasteiger partial charge on any atom is 0.326 e. The Morgan fingerprint density at radius 1 is 1.24 bits per heavy atom. The number of nitrogens with one attached hydrogen (secondary N) is 1. The number of amides is 2. The average Bonchev–Trinajstić information content (AvgIpc) is 2.46. The molecule has 21 heavy (non-hydrogen) atoms. The van der Waals surface area contributed by atoms with Gasteiger partial charge in [0.25, 0.3) is 0 Å². The molecule has 2 amide bonds. The summed E-state index contributed by atoms with van der Waals surface area (Å²) < 4.78 is 0. The average molecular weight is 298 g/mol. The van der Waals surface area contributed by atoms with Gasteiger partial charge in [-0.05, 0) is 32.1 Å². The standard InChI is InChI=1S/C15H26N2O4/c1-3-7-11(15(20)21)16-14(19)12-9-5-6-10-17(12)13(18)8-4-2/h11-12H,3-10H2,1-2H3,(H,16,19)(H,20,21). The molecule has 120 valence electrons. The van der Waals surface area contributed by atoms with Crippen molar-refractivity contribution in [2.24, 2.45) is 0 Å². The van der Waals surface area contributed by atoms with Crippen LogP contribution in [0.15, 0.2) is 0 Å². The number of hydrogen-bond donors (Lipinski definition) is 2. The van der Waals surface area contributed by atoms with Crippen molar-refractivity contribution in [1.29, 1.82) is 0 Å². The van der Waals surface area contributed by atoms with Gasteiger partial charge in [0, 0.05) is 13.0 Å². The third-order valence-corrected chi connectivity index (χ3v) is 3.78. The van der Waals surface area contributed by atoms with Gasteiger partial charge in [-0.2, -0.15) is 0 Å². The first-order valence-electron chi connectivity index (χ1n) is 7.83. The molecule has 2 unspecified atom stereocenters. The van der Waals surface area contributed by atoms with Crippen LogP contribution in [0.25, 0.3) is 0 Å². The van der Waals surface area contributed by atoms with E-state index >= 15 is 0 Å². The first-order chi connectivity index (χ1) is 10.0. The molecule has 2 N–H and O–H groups in total. The van der Waals surface area contributed by atoms with Crippen LogP contribution in [-0.4, -0.2) is 46.4 Å². The fourth-order valence-corrected chi connectivity index (χ4v) is 2.67. The molecule has 1 heterocycles. The molecular formula is C15H26N2O4. The van der Waals surface area contributed by atoms with Gasteiger partial charge in [0.05, 0.1) is 0 Å². The molecule has 1 aliphatic heterocycles. The summed E-state index contributed by atoms with van der Waals surface area (Å²) in [5.41, 5.74) is 0. The van der Waals surface area contributed by atoms with Crippen LogP contribution in [0, 0.1) is 0 Å². The molecular weight excluding hydrogens is 272 g/mol. The minimum atomic E-state index is -1.02. The summed E-state index contributed by atoms with van der Waals surface area (Å²) in [6.07, 6.45) is 4.66. The second kappa shape index (κ2) is 8.64. The minimum absolute atomic E-state index is 0.0142. The summed E-state index contributed by atoms with van der Waals surface area (Å²) in [6, 6.07) is -1.39. The molecule has 6 heteroatoms. The normalized spacial score (nSPS) is 19.9. The first-order valence-corrected chi connectivity index (χ1v) is 7.83. The van der Waals surface area contributed by atoms with Crippen molar-refractivity contribution in [3.8, 4) is 0 Å². The number of carbonyl (C=O) groups is 3. The number of likely N-dealkylation sites (tertiary alicyclic amines) is 1.